The molecule has 3 rings (SSSR count). The Hall–Kier alpha value is -1.03. The SMILES string of the molecule is O=C1OC2C(O1)[C@H]1C=C[C@@H]2O1. The molecule has 0 radical (unpaired) electrons. The van der Waals surface area contributed by atoms with Gasteiger partial charge in [-0.25, -0.2) is 4.79 Å². The summed E-state index contributed by atoms with van der Waals surface area (Å²) in [4.78, 5) is 10.6. The van der Waals surface area contributed by atoms with Gasteiger partial charge in [0.15, 0.2) is 12.2 Å². The maximum atomic E-state index is 10.6. The highest BCUT2D eigenvalue weighted by Gasteiger charge is 2.55. The summed E-state index contributed by atoms with van der Waals surface area (Å²) in [5.74, 6) is 0. The molecule has 0 aliphatic carbocycles. The molecule has 3 aliphatic heterocycles. The largest absolute Gasteiger partial charge is 0.509 e. The van der Waals surface area contributed by atoms with Gasteiger partial charge in [-0.1, -0.05) is 12.2 Å². The average Bonchev–Trinajstić information content (AvgIpc) is 2.53. The number of hydrogen-bond acceptors (Lipinski definition) is 4. The van der Waals surface area contributed by atoms with Crippen LogP contribution in [0.4, 0.5) is 4.79 Å². The molecule has 0 spiro atoms. The summed E-state index contributed by atoms with van der Waals surface area (Å²) in [7, 11) is 0. The van der Waals surface area contributed by atoms with Crippen molar-refractivity contribution in [1.29, 1.82) is 0 Å². The van der Waals surface area contributed by atoms with Gasteiger partial charge in [0.1, 0.15) is 12.2 Å². The van der Waals surface area contributed by atoms with Crippen LogP contribution in [0.15, 0.2) is 12.2 Å². The molecule has 4 atom stereocenters. The maximum absolute atomic E-state index is 10.6. The third kappa shape index (κ3) is 0.557. The fraction of sp³-hybridized carbons (Fsp3) is 0.571. The molecule has 3 heterocycles. The number of hydrogen-bond donors (Lipinski definition) is 0. The second-order valence-corrected chi connectivity index (χ2v) is 2.87. The third-order valence-electron chi connectivity index (χ3n) is 2.24. The van der Waals surface area contributed by atoms with E-state index in [4.69, 9.17) is 14.2 Å². The lowest BCUT2D eigenvalue weighted by Crippen LogP contribution is -2.30. The summed E-state index contributed by atoms with van der Waals surface area (Å²) >= 11 is 0. The van der Waals surface area contributed by atoms with Crippen LogP contribution in [0.1, 0.15) is 0 Å². The first-order valence-corrected chi connectivity index (χ1v) is 3.56. The zero-order valence-electron chi connectivity index (χ0n) is 5.60. The third-order valence-corrected chi connectivity index (χ3v) is 2.24. The van der Waals surface area contributed by atoms with Gasteiger partial charge < -0.3 is 14.2 Å². The van der Waals surface area contributed by atoms with Gasteiger partial charge in [0, 0.05) is 0 Å². The fourth-order valence-corrected chi connectivity index (χ4v) is 1.76. The van der Waals surface area contributed by atoms with Crippen molar-refractivity contribution < 1.29 is 19.0 Å². The molecular formula is C7H6O4. The van der Waals surface area contributed by atoms with Crippen LogP contribution >= 0.6 is 0 Å². The maximum Gasteiger partial charge on any atom is 0.509 e. The Kier molecular flexibility index (Phi) is 0.806. The van der Waals surface area contributed by atoms with Crippen molar-refractivity contribution in [2.24, 2.45) is 0 Å². The molecule has 11 heavy (non-hydrogen) atoms. The predicted octanol–water partition coefficient (Wildman–Crippen LogP) is 0.228. The van der Waals surface area contributed by atoms with Crippen molar-refractivity contribution in [3.05, 3.63) is 12.2 Å². The number of rotatable bonds is 0. The smallest absolute Gasteiger partial charge is 0.424 e. The lowest BCUT2D eigenvalue weighted by atomic mass is 10.0. The van der Waals surface area contributed by atoms with Gasteiger partial charge in [-0.05, 0) is 0 Å². The predicted molar refractivity (Wildman–Crippen MR) is 32.9 cm³/mol. The molecule has 2 fully saturated rings. The van der Waals surface area contributed by atoms with Crippen LogP contribution in [0.5, 0.6) is 0 Å². The van der Waals surface area contributed by atoms with Crippen molar-refractivity contribution in [2.45, 2.75) is 24.4 Å². The van der Waals surface area contributed by atoms with Crippen molar-refractivity contribution >= 4 is 6.16 Å². The van der Waals surface area contributed by atoms with E-state index in [2.05, 4.69) is 0 Å². The number of fused-ring (bicyclic) bond motifs is 5. The summed E-state index contributed by atoms with van der Waals surface area (Å²) in [5, 5.41) is 0. The number of carbonyl (C=O) groups is 1. The van der Waals surface area contributed by atoms with Crippen molar-refractivity contribution in [3.63, 3.8) is 0 Å². The topological polar surface area (TPSA) is 44.8 Å². The molecule has 58 valence electrons. The molecule has 0 amide bonds. The summed E-state index contributed by atoms with van der Waals surface area (Å²) < 4.78 is 15.1. The van der Waals surface area contributed by atoms with E-state index in [9.17, 15) is 4.79 Å². The molecule has 4 heteroatoms. The summed E-state index contributed by atoms with van der Waals surface area (Å²) in [6.07, 6.45) is 2.71. The molecular weight excluding hydrogens is 148 g/mol. The molecule has 0 aromatic heterocycles. The molecule has 0 N–H and O–H groups in total. The van der Waals surface area contributed by atoms with Crippen molar-refractivity contribution in [3.8, 4) is 0 Å². The Morgan fingerprint density at radius 1 is 1.09 bits per heavy atom. The normalized spacial score (nSPS) is 50.7. The molecule has 2 unspecified atom stereocenters. The van der Waals surface area contributed by atoms with E-state index in [1.165, 1.54) is 0 Å². The van der Waals surface area contributed by atoms with Crippen LogP contribution in [-0.4, -0.2) is 30.6 Å². The van der Waals surface area contributed by atoms with Gasteiger partial charge in [0.05, 0.1) is 0 Å². The first kappa shape index (κ1) is 5.60. The Labute approximate surface area is 62.7 Å². The Bertz CT molecular complexity index is 225. The van der Waals surface area contributed by atoms with Crippen LogP contribution in [0, 0.1) is 0 Å². The minimum absolute atomic E-state index is 0.0727. The molecule has 2 saturated heterocycles. The fourth-order valence-electron chi connectivity index (χ4n) is 1.76. The van der Waals surface area contributed by atoms with E-state index < -0.39 is 6.16 Å². The van der Waals surface area contributed by atoms with Gasteiger partial charge in [0.25, 0.3) is 0 Å². The molecule has 3 aliphatic rings. The average molecular weight is 154 g/mol. The molecule has 0 aromatic rings. The zero-order valence-corrected chi connectivity index (χ0v) is 5.60. The van der Waals surface area contributed by atoms with E-state index >= 15 is 0 Å². The second-order valence-electron chi connectivity index (χ2n) is 2.87. The van der Waals surface area contributed by atoms with Crippen molar-refractivity contribution in [2.75, 3.05) is 0 Å². The highest BCUT2D eigenvalue weighted by atomic mass is 16.8. The Morgan fingerprint density at radius 2 is 1.64 bits per heavy atom. The molecule has 0 aromatic carbocycles. The van der Waals surface area contributed by atoms with Gasteiger partial charge in [0.2, 0.25) is 0 Å². The van der Waals surface area contributed by atoms with Gasteiger partial charge in [-0.3, -0.25) is 0 Å². The molecule has 0 saturated carbocycles. The zero-order chi connectivity index (χ0) is 7.42. The van der Waals surface area contributed by atoms with E-state index in [1.807, 2.05) is 12.2 Å². The Balaban J connectivity index is 1.97. The van der Waals surface area contributed by atoms with E-state index in [-0.39, 0.29) is 24.4 Å². The molecule has 4 nitrogen and oxygen atoms in total. The highest BCUT2D eigenvalue weighted by Crippen LogP contribution is 2.37. The van der Waals surface area contributed by atoms with Crippen LogP contribution in [0.25, 0.3) is 0 Å². The minimum Gasteiger partial charge on any atom is -0.424 e. The lowest BCUT2D eigenvalue weighted by Gasteiger charge is -2.10. The van der Waals surface area contributed by atoms with E-state index in [1.54, 1.807) is 0 Å². The minimum atomic E-state index is -0.568. The highest BCUT2D eigenvalue weighted by molar-refractivity contribution is 5.63. The van der Waals surface area contributed by atoms with Crippen LogP contribution < -0.4 is 0 Å². The lowest BCUT2D eigenvalue weighted by molar-refractivity contribution is 0.0262. The first-order chi connectivity index (χ1) is 5.34. The van der Waals surface area contributed by atoms with E-state index in [0.717, 1.165) is 0 Å². The number of ether oxygens (including phenoxy) is 3. The first-order valence-electron chi connectivity index (χ1n) is 3.56. The van der Waals surface area contributed by atoms with Crippen LogP contribution in [0.3, 0.4) is 0 Å². The van der Waals surface area contributed by atoms with Crippen LogP contribution in [0.2, 0.25) is 0 Å². The van der Waals surface area contributed by atoms with E-state index in [0.29, 0.717) is 0 Å². The summed E-state index contributed by atoms with van der Waals surface area (Å²) in [5.41, 5.74) is 0. The Morgan fingerprint density at radius 3 is 2.18 bits per heavy atom. The number of carbonyl (C=O) groups excluding carboxylic acids is 1. The summed E-state index contributed by atoms with van der Waals surface area (Å²) in [6.45, 7) is 0. The standard InChI is InChI=1S/C7H6O4/c8-7-10-5-3-1-2-4(9-3)6(5)11-7/h1-6H/t3-,4+,5?,6?. The second kappa shape index (κ2) is 1.58. The van der Waals surface area contributed by atoms with Gasteiger partial charge in [-0.2, -0.15) is 0 Å². The van der Waals surface area contributed by atoms with Gasteiger partial charge in [-0.15, -0.1) is 0 Å². The monoisotopic (exact) mass is 154 g/mol. The van der Waals surface area contributed by atoms with Gasteiger partial charge >= 0.3 is 6.16 Å². The van der Waals surface area contributed by atoms with Crippen molar-refractivity contribution in [1.82, 2.24) is 0 Å². The quantitative estimate of drug-likeness (QED) is 0.370. The summed E-state index contributed by atoms with van der Waals surface area (Å²) in [6, 6.07) is 0. The van der Waals surface area contributed by atoms with Crippen LogP contribution in [-0.2, 0) is 14.2 Å². The molecule has 2 bridgehead atoms.